The number of halogens is 1. The molecule has 1 atom stereocenters. The lowest BCUT2D eigenvalue weighted by Crippen LogP contribution is -2.03. The maximum absolute atomic E-state index is 10.0. The Kier molecular flexibility index (Phi) is 4.62. The Balaban J connectivity index is 3.43. The zero-order valence-corrected chi connectivity index (χ0v) is 11.3. The average Bonchev–Trinajstić information content (AvgIpc) is 2.29. The van der Waals surface area contributed by atoms with Crippen LogP contribution in [0.2, 0.25) is 0 Å². The van der Waals surface area contributed by atoms with Gasteiger partial charge in [-0.2, -0.15) is 0 Å². The van der Waals surface area contributed by atoms with E-state index in [-0.39, 0.29) is 18.3 Å². The number of aliphatic hydroxyl groups is 1. The van der Waals surface area contributed by atoms with Crippen LogP contribution >= 0.6 is 15.9 Å². The highest BCUT2D eigenvalue weighted by Crippen LogP contribution is 2.42. The molecular formula is C12H17BrO3. The standard InChI is InChI=1S/C12H17BrO3/c1-4-8-5-9(16-3)12(15)10(11(8)13)7(2)6-14/h5,7,14-15H,4,6H2,1-3H3. The van der Waals surface area contributed by atoms with E-state index < -0.39 is 0 Å². The molecule has 1 unspecified atom stereocenters. The third-order valence-electron chi connectivity index (χ3n) is 2.68. The fourth-order valence-electron chi connectivity index (χ4n) is 1.65. The molecule has 2 N–H and O–H groups in total. The maximum atomic E-state index is 10.0. The molecule has 4 heteroatoms. The highest BCUT2D eigenvalue weighted by Gasteiger charge is 2.20. The van der Waals surface area contributed by atoms with Gasteiger partial charge in [0, 0.05) is 22.6 Å². The van der Waals surface area contributed by atoms with Gasteiger partial charge in [-0.3, -0.25) is 0 Å². The third-order valence-corrected chi connectivity index (χ3v) is 3.62. The zero-order chi connectivity index (χ0) is 12.3. The van der Waals surface area contributed by atoms with Crippen molar-refractivity contribution in [3.05, 3.63) is 21.7 Å². The maximum Gasteiger partial charge on any atom is 0.162 e. The van der Waals surface area contributed by atoms with E-state index in [0.29, 0.717) is 11.3 Å². The highest BCUT2D eigenvalue weighted by atomic mass is 79.9. The van der Waals surface area contributed by atoms with E-state index >= 15 is 0 Å². The number of rotatable bonds is 4. The van der Waals surface area contributed by atoms with Gasteiger partial charge in [0.15, 0.2) is 11.5 Å². The molecule has 0 spiro atoms. The van der Waals surface area contributed by atoms with Crippen molar-refractivity contribution in [1.29, 1.82) is 0 Å². The van der Waals surface area contributed by atoms with E-state index in [1.165, 1.54) is 7.11 Å². The second-order valence-electron chi connectivity index (χ2n) is 3.75. The van der Waals surface area contributed by atoms with Gasteiger partial charge in [-0.1, -0.05) is 29.8 Å². The summed E-state index contributed by atoms with van der Waals surface area (Å²) < 4.78 is 5.98. The van der Waals surface area contributed by atoms with Gasteiger partial charge in [-0.25, -0.2) is 0 Å². The number of aryl methyl sites for hydroxylation is 1. The van der Waals surface area contributed by atoms with Crippen molar-refractivity contribution in [3.63, 3.8) is 0 Å². The first kappa shape index (κ1) is 13.3. The van der Waals surface area contributed by atoms with Crippen LogP contribution in [0.3, 0.4) is 0 Å². The number of hydrogen-bond acceptors (Lipinski definition) is 3. The molecule has 0 fully saturated rings. The molecule has 0 saturated heterocycles. The molecule has 3 nitrogen and oxygen atoms in total. The highest BCUT2D eigenvalue weighted by molar-refractivity contribution is 9.10. The normalized spacial score (nSPS) is 12.6. The van der Waals surface area contributed by atoms with E-state index in [4.69, 9.17) is 4.74 Å². The van der Waals surface area contributed by atoms with Crippen molar-refractivity contribution in [2.45, 2.75) is 26.2 Å². The molecule has 90 valence electrons. The molecule has 0 radical (unpaired) electrons. The minimum absolute atomic E-state index is 0.0114. The van der Waals surface area contributed by atoms with Crippen molar-refractivity contribution in [1.82, 2.24) is 0 Å². The number of hydrogen-bond donors (Lipinski definition) is 2. The molecule has 0 aliphatic carbocycles. The number of ether oxygens (including phenoxy) is 1. The van der Waals surface area contributed by atoms with Crippen molar-refractivity contribution < 1.29 is 14.9 Å². The lowest BCUT2D eigenvalue weighted by molar-refractivity contribution is 0.268. The molecule has 1 rings (SSSR count). The summed E-state index contributed by atoms with van der Waals surface area (Å²) in [4.78, 5) is 0. The molecular weight excluding hydrogens is 272 g/mol. The Morgan fingerprint density at radius 2 is 2.12 bits per heavy atom. The van der Waals surface area contributed by atoms with Gasteiger partial charge in [0.1, 0.15) is 0 Å². The fraction of sp³-hybridized carbons (Fsp3) is 0.500. The van der Waals surface area contributed by atoms with Crippen LogP contribution in [0.1, 0.15) is 30.9 Å². The van der Waals surface area contributed by atoms with Crippen LogP contribution in [-0.4, -0.2) is 23.9 Å². The Morgan fingerprint density at radius 3 is 2.56 bits per heavy atom. The first-order chi connectivity index (χ1) is 7.56. The van der Waals surface area contributed by atoms with Crippen molar-refractivity contribution in [3.8, 4) is 11.5 Å². The smallest absolute Gasteiger partial charge is 0.162 e. The van der Waals surface area contributed by atoms with E-state index in [9.17, 15) is 10.2 Å². The van der Waals surface area contributed by atoms with Crippen LogP contribution in [0.15, 0.2) is 10.5 Å². The predicted octanol–water partition coefficient (Wildman–Crippen LogP) is 2.82. The number of benzene rings is 1. The molecule has 0 aliphatic rings. The van der Waals surface area contributed by atoms with E-state index in [1.807, 2.05) is 19.9 Å². The van der Waals surface area contributed by atoms with Crippen LogP contribution in [0.25, 0.3) is 0 Å². The summed E-state index contributed by atoms with van der Waals surface area (Å²) in [7, 11) is 1.52. The second-order valence-corrected chi connectivity index (χ2v) is 4.54. The average molecular weight is 289 g/mol. The number of methoxy groups -OCH3 is 1. The van der Waals surface area contributed by atoms with E-state index in [2.05, 4.69) is 15.9 Å². The van der Waals surface area contributed by atoms with Gasteiger partial charge in [0.05, 0.1) is 7.11 Å². The monoisotopic (exact) mass is 288 g/mol. The second kappa shape index (κ2) is 5.55. The largest absolute Gasteiger partial charge is 0.504 e. The SMILES string of the molecule is CCc1cc(OC)c(O)c(C(C)CO)c1Br. The molecule has 0 bridgehead atoms. The molecule has 0 saturated carbocycles. The molecule has 0 amide bonds. The van der Waals surface area contributed by atoms with Crippen molar-refractivity contribution >= 4 is 15.9 Å². The zero-order valence-electron chi connectivity index (χ0n) is 9.75. The van der Waals surface area contributed by atoms with Crippen LogP contribution in [-0.2, 0) is 6.42 Å². The van der Waals surface area contributed by atoms with Gasteiger partial charge in [0.25, 0.3) is 0 Å². The van der Waals surface area contributed by atoms with Gasteiger partial charge >= 0.3 is 0 Å². The summed E-state index contributed by atoms with van der Waals surface area (Å²) >= 11 is 3.47. The summed E-state index contributed by atoms with van der Waals surface area (Å²) in [5.41, 5.74) is 1.77. The lowest BCUT2D eigenvalue weighted by atomic mass is 9.97. The number of phenols is 1. The van der Waals surface area contributed by atoms with Gasteiger partial charge in [-0.15, -0.1) is 0 Å². The van der Waals surface area contributed by atoms with Gasteiger partial charge < -0.3 is 14.9 Å². The minimum Gasteiger partial charge on any atom is -0.504 e. The molecule has 0 aromatic heterocycles. The fourth-order valence-corrected chi connectivity index (χ4v) is 2.63. The first-order valence-electron chi connectivity index (χ1n) is 5.25. The Hall–Kier alpha value is -0.740. The van der Waals surface area contributed by atoms with Crippen LogP contribution in [0.5, 0.6) is 11.5 Å². The quantitative estimate of drug-likeness (QED) is 0.896. The molecule has 0 heterocycles. The molecule has 1 aromatic rings. The van der Waals surface area contributed by atoms with Crippen LogP contribution < -0.4 is 4.74 Å². The topological polar surface area (TPSA) is 49.7 Å². The first-order valence-corrected chi connectivity index (χ1v) is 6.05. The van der Waals surface area contributed by atoms with E-state index in [0.717, 1.165) is 16.5 Å². The Bertz CT molecular complexity index is 349. The van der Waals surface area contributed by atoms with Crippen LogP contribution in [0.4, 0.5) is 0 Å². The van der Waals surface area contributed by atoms with Crippen molar-refractivity contribution in [2.75, 3.05) is 13.7 Å². The Labute approximate surface area is 104 Å². The Morgan fingerprint density at radius 1 is 1.50 bits per heavy atom. The predicted molar refractivity (Wildman–Crippen MR) is 67.2 cm³/mol. The van der Waals surface area contributed by atoms with E-state index in [1.54, 1.807) is 0 Å². The molecule has 16 heavy (non-hydrogen) atoms. The van der Waals surface area contributed by atoms with Gasteiger partial charge in [-0.05, 0) is 18.1 Å². The molecule has 0 aliphatic heterocycles. The lowest BCUT2D eigenvalue weighted by Gasteiger charge is -2.18. The number of aliphatic hydroxyl groups excluding tert-OH is 1. The minimum atomic E-state index is -0.130. The summed E-state index contributed by atoms with van der Waals surface area (Å²) in [6.07, 6.45) is 0.836. The summed E-state index contributed by atoms with van der Waals surface area (Å²) in [5, 5.41) is 19.2. The number of aromatic hydroxyl groups is 1. The van der Waals surface area contributed by atoms with Crippen LogP contribution in [0, 0.1) is 0 Å². The number of phenolic OH excluding ortho intramolecular Hbond substituents is 1. The van der Waals surface area contributed by atoms with Crippen molar-refractivity contribution in [2.24, 2.45) is 0 Å². The molecule has 1 aromatic carbocycles. The third kappa shape index (κ3) is 2.33. The summed E-state index contributed by atoms with van der Waals surface area (Å²) in [6.45, 7) is 3.88. The summed E-state index contributed by atoms with van der Waals surface area (Å²) in [6, 6.07) is 1.81. The van der Waals surface area contributed by atoms with Gasteiger partial charge in [0.2, 0.25) is 0 Å². The summed E-state index contributed by atoms with van der Waals surface area (Å²) in [5.74, 6) is 0.429.